The van der Waals surface area contributed by atoms with Crippen molar-refractivity contribution in [2.45, 2.75) is 6.42 Å². The number of nitrogens with zero attached hydrogens (tertiary/aromatic N) is 2. The SMILES string of the molecule is NCCc1cnc(Oc2ccccc2Cl)nc1. The molecule has 0 aliphatic carbocycles. The maximum absolute atomic E-state index is 5.96. The number of hydrogen-bond acceptors (Lipinski definition) is 4. The van der Waals surface area contributed by atoms with Crippen molar-refractivity contribution in [3.63, 3.8) is 0 Å². The van der Waals surface area contributed by atoms with E-state index in [0.717, 1.165) is 12.0 Å². The Hall–Kier alpha value is -1.65. The lowest BCUT2D eigenvalue weighted by molar-refractivity contribution is 0.441. The summed E-state index contributed by atoms with van der Waals surface area (Å²) >= 11 is 5.96. The summed E-state index contributed by atoms with van der Waals surface area (Å²) in [5, 5.41) is 0.530. The molecule has 2 N–H and O–H groups in total. The number of benzene rings is 1. The zero-order valence-electron chi connectivity index (χ0n) is 9.14. The van der Waals surface area contributed by atoms with Gasteiger partial charge in [0.15, 0.2) is 0 Å². The first-order chi connectivity index (χ1) is 8.29. The van der Waals surface area contributed by atoms with Crippen LogP contribution in [-0.2, 0) is 6.42 Å². The Morgan fingerprint density at radius 2 is 1.88 bits per heavy atom. The van der Waals surface area contributed by atoms with Gasteiger partial charge in [0.05, 0.1) is 5.02 Å². The highest BCUT2D eigenvalue weighted by Crippen LogP contribution is 2.26. The van der Waals surface area contributed by atoms with Crippen molar-refractivity contribution in [1.29, 1.82) is 0 Å². The molecule has 2 rings (SSSR count). The van der Waals surface area contributed by atoms with Crippen LogP contribution < -0.4 is 10.5 Å². The molecule has 0 saturated carbocycles. The van der Waals surface area contributed by atoms with Gasteiger partial charge in [-0.1, -0.05) is 23.7 Å². The van der Waals surface area contributed by atoms with Crippen molar-refractivity contribution in [2.75, 3.05) is 6.54 Å². The van der Waals surface area contributed by atoms with Gasteiger partial charge in [0.2, 0.25) is 0 Å². The fourth-order valence-electron chi connectivity index (χ4n) is 1.32. The minimum absolute atomic E-state index is 0.277. The topological polar surface area (TPSA) is 61.0 Å². The molecular formula is C12H12ClN3O. The molecule has 0 spiro atoms. The Morgan fingerprint density at radius 3 is 2.53 bits per heavy atom. The van der Waals surface area contributed by atoms with Gasteiger partial charge in [0.25, 0.3) is 0 Å². The molecule has 5 heteroatoms. The van der Waals surface area contributed by atoms with Crippen LogP contribution in [0.5, 0.6) is 11.8 Å². The van der Waals surface area contributed by atoms with Gasteiger partial charge < -0.3 is 10.5 Å². The summed E-state index contributed by atoms with van der Waals surface area (Å²) in [4.78, 5) is 8.17. The normalized spacial score (nSPS) is 10.2. The van der Waals surface area contributed by atoms with E-state index in [1.807, 2.05) is 12.1 Å². The maximum Gasteiger partial charge on any atom is 0.321 e. The fourth-order valence-corrected chi connectivity index (χ4v) is 1.49. The van der Waals surface area contributed by atoms with E-state index < -0.39 is 0 Å². The fraction of sp³-hybridized carbons (Fsp3) is 0.167. The molecule has 1 aromatic carbocycles. The second-order valence-electron chi connectivity index (χ2n) is 3.45. The van der Waals surface area contributed by atoms with E-state index in [-0.39, 0.29) is 6.01 Å². The minimum atomic E-state index is 0.277. The molecule has 0 aliphatic rings. The van der Waals surface area contributed by atoms with Crippen LogP contribution in [-0.4, -0.2) is 16.5 Å². The largest absolute Gasteiger partial charge is 0.423 e. The predicted molar refractivity (Wildman–Crippen MR) is 66.3 cm³/mol. The standard InChI is InChI=1S/C12H12ClN3O/c13-10-3-1-2-4-11(10)17-12-15-7-9(5-6-14)8-16-12/h1-4,7-8H,5-6,14H2. The van der Waals surface area contributed by atoms with E-state index in [1.165, 1.54) is 0 Å². The van der Waals surface area contributed by atoms with E-state index >= 15 is 0 Å². The van der Waals surface area contributed by atoms with Crippen LogP contribution >= 0.6 is 11.6 Å². The molecule has 0 radical (unpaired) electrons. The monoisotopic (exact) mass is 249 g/mol. The first-order valence-corrected chi connectivity index (χ1v) is 5.61. The number of hydrogen-bond donors (Lipinski definition) is 1. The number of nitrogens with two attached hydrogens (primary N) is 1. The van der Waals surface area contributed by atoms with Crippen LogP contribution in [0.3, 0.4) is 0 Å². The minimum Gasteiger partial charge on any atom is -0.423 e. The van der Waals surface area contributed by atoms with Crippen LogP contribution in [0.4, 0.5) is 0 Å². The summed E-state index contributed by atoms with van der Waals surface area (Å²) in [6.07, 6.45) is 4.16. The summed E-state index contributed by atoms with van der Waals surface area (Å²) in [5.41, 5.74) is 6.42. The Morgan fingerprint density at radius 1 is 1.18 bits per heavy atom. The lowest BCUT2D eigenvalue weighted by atomic mass is 10.2. The lowest BCUT2D eigenvalue weighted by Gasteiger charge is -2.05. The molecule has 0 unspecified atom stereocenters. The Labute approximate surface area is 104 Å². The summed E-state index contributed by atoms with van der Waals surface area (Å²) in [7, 11) is 0. The van der Waals surface area contributed by atoms with Gasteiger partial charge in [-0.05, 0) is 30.7 Å². The van der Waals surface area contributed by atoms with Crippen molar-refractivity contribution in [3.05, 3.63) is 47.2 Å². The molecule has 0 atom stereocenters. The summed E-state index contributed by atoms with van der Waals surface area (Å²) < 4.78 is 5.46. The third-order valence-electron chi connectivity index (χ3n) is 2.15. The lowest BCUT2D eigenvalue weighted by Crippen LogP contribution is -2.03. The van der Waals surface area contributed by atoms with Gasteiger partial charge in [-0.25, -0.2) is 9.97 Å². The molecule has 2 aromatic rings. The number of aromatic nitrogens is 2. The van der Waals surface area contributed by atoms with Crippen LogP contribution in [0.15, 0.2) is 36.7 Å². The Bertz CT molecular complexity index is 487. The zero-order chi connectivity index (χ0) is 12.1. The number of para-hydroxylation sites is 1. The van der Waals surface area contributed by atoms with Crippen LogP contribution in [0.1, 0.15) is 5.56 Å². The molecule has 1 aromatic heterocycles. The summed E-state index contributed by atoms with van der Waals surface area (Å²) in [5.74, 6) is 0.542. The van der Waals surface area contributed by atoms with Crippen LogP contribution in [0.2, 0.25) is 5.02 Å². The molecule has 0 aliphatic heterocycles. The quantitative estimate of drug-likeness (QED) is 0.904. The van der Waals surface area contributed by atoms with Gasteiger partial charge in [-0.3, -0.25) is 0 Å². The van der Waals surface area contributed by atoms with Crippen LogP contribution in [0, 0.1) is 0 Å². The molecule has 0 bridgehead atoms. The Kier molecular flexibility index (Phi) is 3.90. The highest BCUT2D eigenvalue weighted by atomic mass is 35.5. The first-order valence-electron chi connectivity index (χ1n) is 5.23. The van der Waals surface area contributed by atoms with E-state index in [9.17, 15) is 0 Å². The van der Waals surface area contributed by atoms with Crippen molar-refractivity contribution >= 4 is 11.6 Å². The third kappa shape index (κ3) is 3.15. The highest BCUT2D eigenvalue weighted by Gasteiger charge is 2.04. The number of ether oxygens (including phenoxy) is 1. The molecule has 1 heterocycles. The van der Waals surface area contributed by atoms with Crippen molar-refractivity contribution in [1.82, 2.24) is 9.97 Å². The first kappa shape index (κ1) is 11.8. The summed E-state index contributed by atoms with van der Waals surface area (Å²) in [6.45, 7) is 0.577. The molecular weight excluding hydrogens is 238 g/mol. The van der Waals surface area contributed by atoms with Gasteiger partial charge in [-0.2, -0.15) is 0 Å². The molecule has 17 heavy (non-hydrogen) atoms. The van der Waals surface area contributed by atoms with E-state index in [1.54, 1.807) is 24.5 Å². The molecule has 0 fully saturated rings. The van der Waals surface area contributed by atoms with E-state index in [2.05, 4.69) is 9.97 Å². The predicted octanol–water partition coefficient (Wildman–Crippen LogP) is 2.42. The molecule has 4 nitrogen and oxygen atoms in total. The second-order valence-corrected chi connectivity index (χ2v) is 3.85. The van der Waals surface area contributed by atoms with Crippen molar-refractivity contribution in [3.8, 4) is 11.8 Å². The third-order valence-corrected chi connectivity index (χ3v) is 2.46. The average Bonchev–Trinajstić information content (AvgIpc) is 2.35. The van der Waals surface area contributed by atoms with E-state index in [0.29, 0.717) is 17.3 Å². The van der Waals surface area contributed by atoms with Crippen molar-refractivity contribution in [2.24, 2.45) is 5.73 Å². The maximum atomic E-state index is 5.96. The number of rotatable bonds is 4. The number of halogens is 1. The second kappa shape index (κ2) is 5.61. The Balaban J connectivity index is 2.11. The average molecular weight is 250 g/mol. The van der Waals surface area contributed by atoms with Gasteiger partial charge >= 0.3 is 6.01 Å². The highest BCUT2D eigenvalue weighted by molar-refractivity contribution is 6.32. The zero-order valence-corrected chi connectivity index (χ0v) is 9.89. The van der Waals surface area contributed by atoms with E-state index in [4.69, 9.17) is 22.1 Å². The smallest absolute Gasteiger partial charge is 0.321 e. The molecule has 88 valence electrons. The summed E-state index contributed by atoms with van der Waals surface area (Å²) in [6, 6.07) is 7.46. The molecule has 0 saturated heterocycles. The van der Waals surface area contributed by atoms with Gasteiger partial charge in [-0.15, -0.1) is 0 Å². The van der Waals surface area contributed by atoms with Gasteiger partial charge in [0.1, 0.15) is 5.75 Å². The van der Waals surface area contributed by atoms with Crippen molar-refractivity contribution < 1.29 is 4.74 Å². The van der Waals surface area contributed by atoms with Gasteiger partial charge in [0, 0.05) is 12.4 Å². The van der Waals surface area contributed by atoms with Crippen LogP contribution in [0.25, 0.3) is 0 Å². The molecule has 0 amide bonds.